The summed E-state index contributed by atoms with van der Waals surface area (Å²) in [4.78, 5) is 6.64. The molecule has 1 aromatic heterocycles. The topological polar surface area (TPSA) is 6.48 Å². The molecule has 2 aliphatic carbocycles. The van der Waals surface area contributed by atoms with Gasteiger partial charge >= 0.3 is 0 Å². The largest absolute Gasteiger partial charge is 0.311 e. The summed E-state index contributed by atoms with van der Waals surface area (Å²) >= 11 is 2.06. The van der Waals surface area contributed by atoms with Crippen molar-refractivity contribution >= 4 is 67.9 Å². The molecule has 346 valence electrons. The number of nitrogens with zero attached hydrogens (tertiary/aromatic N) is 2. The molecule has 0 amide bonds. The van der Waals surface area contributed by atoms with Crippen LogP contribution >= 0.6 is 11.3 Å². The molecule has 14 rings (SSSR count). The van der Waals surface area contributed by atoms with Crippen LogP contribution in [0.3, 0.4) is 0 Å². The molecule has 0 radical (unpaired) electrons. The van der Waals surface area contributed by atoms with Gasteiger partial charge in [0.05, 0.1) is 11.1 Å². The highest BCUT2D eigenvalue weighted by Gasteiger charge is 2.57. The fraction of sp³-hybridized carbons (Fsp3) is 0.147. The van der Waals surface area contributed by atoms with Crippen LogP contribution in [-0.2, 0) is 16.2 Å². The zero-order valence-corrected chi connectivity index (χ0v) is 42.8. The van der Waals surface area contributed by atoms with E-state index in [1.54, 1.807) is 0 Å². The minimum Gasteiger partial charge on any atom is -0.311 e. The van der Waals surface area contributed by atoms with E-state index in [9.17, 15) is 0 Å². The lowest BCUT2D eigenvalue weighted by Gasteiger charge is -2.43. The number of hydrogen-bond donors (Lipinski definition) is 0. The van der Waals surface area contributed by atoms with Crippen molar-refractivity contribution < 1.29 is 0 Å². The summed E-state index contributed by atoms with van der Waals surface area (Å²) in [5.74, 6) is 0. The summed E-state index contributed by atoms with van der Waals surface area (Å²) in [6, 6.07) is 78.7. The minimum absolute atomic E-state index is 0.0194. The lowest BCUT2D eigenvalue weighted by atomic mass is 9.36. The first-order chi connectivity index (χ1) is 34.9. The Balaban J connectivity index is 1.11. The highest BCUT2D eigenvalue weighted by atomic mass is 32.1. The van der Waals surface area contributed by atoms with Crippen molar-refractivity contribution in [2.75, 3.05) is 9.80 Å². The summed E-state index contributed by atoms with van der Waals surface area (Å²) in [6.45, 7) is 16.3. The molecule has 0 bridgehead atoms. The maximum Gasteiger partial charge on any atom is 0.264 e. The van der Waals surface area contributed by atoms with Crippen LogP contribution in [0.4, 0.5) is 34.1 Å². The van der Waals surface area contributed by atoms with Crippen LogP contribution in [0.25, 0.3) is 44.5 Å². The van der Waals surface area contributed by atoms with E-state index in [0.29, 0.717) is 0 Å². The van der Waals surface area contributed by atoms with Gasteiger partial charge < -0.3 is 9.80 Å². The van der Waals surface area contributed by atoms with Crippen molar-refractivity contribution in [1.82, 2.24) is 0 Å². The summed E-state index contributed by atoms with van der Waals surface area (Å²) in [7, 11) is 0. The molecule has 0 N–H and O–H groups in total. The molecule has 4 heteroatoms. The molecule has 0 unspecified atom stereocenters. The average molecular weight is 943 g/mol. The van der Waals surface area contributed by atoms with Crippen LogP contribution in [0.1, 0.15) is 79.8 Å². The first-order valence-electron chi connectivity index (χ1n) is 25.6. The maximum atomic E-state index is 2.65. The van der Waals surface area contributed by atoms with E-state index < -0.39 is 5.41 Å². The number of fused-ring (bicyclic) bond motifs is 15. The van der Waals surface area contributed by atoms with Crippen LogP contribution < -0.4 is 25.5 Å². The molecular weight excluding hydrogens is 888 g/mol. The molecule has 3 heterocycles. The maximum absolute atomic E-state index is 2.65. The fourth-order valence-corrected chi connectivity index (χ4v) is 14.5. The molecule has 1 spiro atoms. The van der Waals surface area contributed by atoms with Crippen LogP contribution in [-0.4, -0.2) is 6.71 Å². The zero-order valence-electron chi connectivity index (χ0n) is 42.0. The van der Waals surface area contributed by atoms with Gasteiger partial charge in [-0.05, 0) is 143 Å². The van der Waals surface area contributed by atoms with Crippen LogP contribution in [0, 0.1) is 6.92 Å². The van der Waals surface area contributed by atoms with Crippen LogP contribution in [0.2, 0.25) is 0 Å². The molecule has 2 nitrogen and oxygen atoms in total. The van der Waals surface area contributed by atoms with Gasteiger partial charge in [-0.1, -0.05) is 205 Å². The van der Waals surface area contributed by atoms with Gasteiger partial charge in [-0.2, -0.15) is 0 Å². The smallest absolute Gasteiger partial charge is 0.264 e. The van der Waals surface area contributed by atoms with E-state index in [-0.39, 0.29) is 17.5 Å². The van der Waals surface area contributed by atoms with Gasteiger partial charge in [-0.15, -0.1) is 11.3 Å². The lowest BCUT2D eigenvalue weighted by Crippen LogP contribution is -2.60. The zero-order chi connectivity index (χ0) is 48.8. The molecule has 10 aromatic rings. The van der Waals surface area contributed by atoms with E-state index >= 15 is 0 Å². The van der Waals surface area contributed by atoms with Gasteiger partial charge in [0.1, 0.15) is 0 Å². The van der Waals surface area contributed by atoms with Gasteiger partial charge in [-0.3, -0.25) is 0 Å². The normalized spacial score (nSPS) is 14.3. The average Bonchev–Trinajstić information content (AvgIpc) is 4.02. The van der Waals surface area contributed by atoms with Crippen molar-refractivity contribution in [1.29, 1.82) is 0 Å². The molecule has 9 aromatic carbocycles. The van der Waals surface area contributed by atoms with Crippen LogP contribution in [0.15, 0.2) is 206 Å². The van der Waals surface area contributed by atoms with E-state index in [0.717, 1.165) is 5.69 Å². The van der Waals surface area contributed by atoms with E-state index in [1.807, 2.05) is 0 Å². The molecular formula is C68H55BN2S. The third-order valence-electron chi connectivity index (χ3n) is 16.2. The third kappa shape index (κ3) is 6.02. The fourth-order valence-electron chi connectivity index (χ4n) is 12.9. The SMILES string of the molecule is Cc1cc2c3c(c1)N(c1ccccc1)c1c(sc4c1-c1ccc(C(C)(C)C)cc1C41c4ccccc4-c4ccccc41)B3c1ccc(-c3cc(C(C)(C)C)ccc3-c3ccccc3)cc1N2c1ccccc1. The predicted octanol–water partition coefficient (Wildman–Crippen LogP) is 16.4. The predicted molar refractivity (Wildman–Crippen MR) is 308 cm³/mol. The summed E-state index contributed by atoms with van der Waals surface area (Å²) in [5, 5.41) is 0. The Kier molecular flexibility index (Phi) is 9.25. The highest BCUT2D eigenvalue weighted by Crippen LogP contribution is 2.67. The van der Waals surface area contributed by atoms with Crippen molar-refractivity contribution in [3.63, 3.8) is 0 Å². The second kappa shape index (κ2) is 15.4. The molecule has 4 aliphatic rings. The number of anilines is 6. The molecule has 0 saturated carbocycles. The minimum atomic E-state index is -0.488. The Morgan fingerprint density at radius 1 is 0.431 bits per heavy atom. The first-order valence-corrected chi connectivity index (χ1v) is 26.4. The van der Waals surface area contributed by atoms with Crippen molar-refractivity contribution in [2.24, 2.45) is 0 Å². The van der Waals surface area contributed by atoms with Crippen molar-refractivity contribution in [3.05, 3.63) is 245 Å². The Hall–Kier alpha value is -7.66. The number of thiophene rings is 1. The molecule has 0 saturated heterocycles. The molecule has 72 heavy (non-hydrogen) atoms. The third-order valence-corrected chi connectivity index (χ3v) is 17.6. The van der Waals surface area contributed by atoms with Gasteiger partial charge in [-0.25, -0.2) is 0 Å². The highest BCUT2D eigenvalue weighted by molar-refractivity contribution is 7.30. The standard InChI is InChI=1S/C68H55BN2S/c1-42-37-59-62-60(38-42)71(48-25-15-10-16-26-48)63-61-52-35-33-46(67(5,6)7)41-56(52)68(54-29-19-17-27-50(54)51-28-18-20-30-55(51)68)64(61)72-65(63)69(62)57-36-31-44(39-58(57)70(59)47-23-13-9-14-24-47)53-40-45(66(2,3)4)32-34-49(53)43-21-11-8-12-22-43/h8-41H,1-7H3. The summed E-state index contributed by atoms with van der Waals surface area (Å²) < 4.78 is 1.40. The Bertz CT molecular complexity index is 3810. The number of benzene rings is 9. The summed E-state index contributed by atoms with van der Waals surface area (Å²) in [6.07, 6.45) is 0. The van der Waals surface area contributed by atoms with E-state index in [4.69, 9.17) is 0 Å². The van der Waals surface area contributed by atoms with Crippen molar-refractivity contribution in [2.45, 2.75) is 64.7 Å². The number of para-hydroxylation sites is 2. The number of rotatable bonds is 4. The second-order valence-electron chi connectivity index (χ2n) is 22.5. The van der Waals surface area contributed by atoms with Crippen molar-refractivity contribution in [3.8, 4) is 44.5 Å². The van der Waals surface area contributed by atoms with Crippen LogP contribution in [0.5, 0.6) is 0 Å². The summed E-state index contributed by atoms with van der Waals surface area (Å²) in [5.41, 5.74) is 27.9. The van der Waals surface area contributed by atoms with Gasteiger partial charge in [0, 0.05) is 43.7 Å². The molecule has 0 atom stereocenters. The lowest BCUT2D eigenvalue weighted by molar-refractivity contribution is 0.588. The Morgan fingerprint density at radius 3 is 1.60 bits per heavy atom. The Labute approximate surface area is 429 Å². The number of hydrogen-bond acceptors (Lipinski definition) is 3. The number of aryl methyl sites for hydroxylation is 1. The monoisotopic (exact) mass is 942 g/mol. The molecule has 2 aliphatic heterocycles. The quantitative estimate of drug-likeness (QED) is 0.162. The second-order valence-corrected chi connectivity index (χ2v) is 23.6. The molecule has 0 fully saturated rings. The Morgan fingerprint density at radius 2 is 0.972 bits per heavy atom. The van der Waals surface area contributed by atoms with Gasteiger partial charge in [0.15, 0.2) is 0 Å². The van der Waals surface area contributed by atoms with Gasteiger partial charge in [0.2, 0.25) is 0 Å². The van der Waals surface area contributed by atoms with Gasteiger partial charge in [0.25, 0.3) is 6.71 Å². The first kappa shape index (κ1) is 43.2. The van der Waals surface area contributed by atoms with E-state index in [1.165, 1.54) is 127 Å². The van der Waals surface area contributed by atoms with E-state index in [2.05, 4.69) is 276 Å².